The molecule has 0 spiro atoms. The molecule has 2 rings (SSSR count). The van der Waals surface area contributed by atoms with E-state index >= 15 is 0 Å². The number of rotatable bonds is 5. The van der Waals surface area contributed by atoms with E-state index in [9.17, 15) is 9.18 Å². The summed E-state index contributed by atoms with van der Waals surface area (Å²) in [6, 6.07) is 9.79. The van der Waals surface area contributed by atoms with Crippen molar-refractivity contribution in [3.8, 4) is 16.9 Å². The van der Waals surface area contributed by atoms with Crippen LogP contribution in [-0.2, 0) is 6.42 Å². The number of carbonyl (C=O) groups excluding carboxylic acids is 1. The second-order valence-electron chi connectivity index (χ2n) is 4.77. The fourth-order valence-electron chi connectivity index (χ4n) is 2.29. The number of hydrogen-bond acceptors (Lipinski definition) is 2. The maximum absolute atomic E-state index is 13.6. The minimum absolute atomic E-state index is 0.00179. The molecule has 2 aromatic carbocycles. The number of allylic oxidation sites excluding steroid dienone is 1. The Hall–Kier alpha value is -2.42. The van der Waals surface area contributed by atoms with E-state index in [1.54, 1.807) is 25.3 Å². The Morgan fingerprint density at radius 2 is 2.00 bits per heavy atom. The Morgan fingerprint density at radius 3 is 2.62 bits per heavy atom. The quantitative estimate of drug-likeness (QED) is 0.599. The lowest BCUT2D eigenvalue weighted by molar-refractivity contribution is 0.101. The smallest absolute Gasteiger partial charge is 0.159 e. The van der Waals surface area contributed by atoms with Gasteiger partial charge in [0.15, 0.2) is 5.78 Å². The lowest BCUT2D eigenvalue weighted by atomic mass is 9.94. The third kappa shape index (κ3) is 3.19. The van der Waals surface area contributed by atoms with Crippen molar-refractivity contribution in [3.05, 3.63) is 66.0 Å². The Bertz CT molecular complexity index is 690. The number of ether oxygens (including phenoxy) is 1. The van der Waals surface area contributed by atoms with Gasteiger partial charge in [0.2, 0.25) is 0 Å². The molecule has 0 saturated carbocycles. The average molecular weight is 284 g/mol. The third-order valence-corrected chi connectivity index (χ3v) is 3.33. The van der Waals surface area contributed by atoms with E-state index in [0.717, 1.165) is 11.1 Å². The van der Waals surface area contributed by atoms with E-state index in [0.29, 0.717) is 23.3 Å². The van der Waals surface area contributed by atoms with Crippen molar-refractivity contribution in [1.29, 1.82) is 0 Å². The van der Waals surface area contributed by atoms with Gasteiger partial charge in [-0.2, -0.15) is 0 Å². The molecule has 0 aliphatic carbocycles. The first-order valence-corrected chi connectivity index (χ1v) is 6.65. The van der Waals surface area contributed by atoms with Crippen molar-refractivity contribution in [2.75, 3.05) is 7.11 Å². The Morgan fingerprint density at radius 1 is 1.24 bits per heavy atom. The third-order valence-electron chi connectivity index (χ3n) is 3.33. The highest BCUT2D eigenvalue weighted by Gasteiger charge is 2.13. The van der Waals surface area contributed by atoms with E-state index in [2.05, 4.69) is 6.58 Å². The van der Waals surface area contributed by atoms with E-state index in [-0.39, 0.29) is 11.6 Å². The van der Waals surface area contributed by atoms with Crippen LogP contribution in [0.4, 0.5) is 4.39 Å². The van der Waals surface area contributed by atoms with Crippen LogP contribution in [-0.4, -0.2) is 12.9 Å². The van der Waals surface area contributed by atoms with Gasteiger partial charge in [0.1, 0.15) is 11.6 Å². The number of benzene rings is 2. The van der Waals surface area contributed by atoms with Crippen LogP contribution >= 0.6 is 0 Å². The van der Waals surface area contributed by atoms with Crippen molar-refractivity contribution >= 4 is 5.78 Å². The molecule has 0 atom stereocenters. The minimum atomic E-state index is -0.328. The first-order valence-electron chi connectivity index (χ1n) is 6.65. The summed E-state index contributed by atoms with van der Waals surface area (Å²) in [5.41, 5.74) is 3.06. The predicted molar refractivity (Wildman–Crippen MR) is 82.3 cm³/mol. The summed E-state index contributed by atoms with van der Waals surface area (Å²) < 4.78 is 18.9. The van der Waals surface area contributed by atoms with Crippen molar-refractivity contribution in [3.63, 3.8) is 0 Å². The fourth-order valence-corrected chi connectivity index (χ4v) is 2.29. The molecule has 2 aromatic rings. The average Bonchev–Trinajstić information content (AvgIpc) is 2.47. The first kappa shape index (κ1) is 15.0. The van der Waals surface area contributed by atoms with Gasteiger partial charge in [-0.3, -0.25) is 4.79 Å². The normalized spacial score (nSPS) is 10.2. The minimum Gasteiger partial charge on any atom is -0.496 e. The number of carbonyl (C=O) groups is 1. The first-order chi connectivity index (χ1) is 10.1. The number of methoxy groups -OCH3 is 1. The molecule has 0 unspecified atom stereocenters. The molecule has 3 heteroatoms. The molecular weight excluding hydrogens is 267 g/mol. The molecule has 0 bridgehead atoms. The largest absolute Gasteiger partial charge is 0.496 e. The zero-order valence-corrected chi connectivity index (χ0v) is 12.2. The van der Waals surface area contributed by atoms with Crippen molar-refractivity contribution < 1.29 is 13.9 Å². The lowest BCUT2D eigenvalue weighted by Gasteiger charge is -2.13. The summed E-state index contributed by atoms with van der Waals surface area (Å²) >= 11 is 0. The Balaban J connectivity index is 2.65. The van der Waals surface area contributed by atoms with Crippen LogP contribution in [0.5, 0.6) is 5.75 Å². The topological polar surface area (TPSA) is 26.3 Å². The van der Waals surface area contributed by atoms with Crippen molar-refractivity contribution in [1.82, 2.24) is 0 Å². The van der Waals surface area contributed by atoms with Crippen LogP contribution in [0.15, 0.2) is 49.1 Å². The maximum Gasteiger partial charge on any atom is 0.159 e. The predicted octanol–water partition coefficient (Wildman–Crippen LogP) is 4.43. The Kier molecular flexibility index (Phi) is 4.53. The van der Waals surface area contributed by atoms with E-state index in [1.807, 2.05) is 12.1 Å². The highest BCUT2D eigenvalue weighted by atomic mass is 19.1. The molecular formula is C18H17FO2. The maximum atomic E-state index is 13.6. The van der Waals surface area contributed by atoms with E-state index in [1.165, 1.54) is 19.1 Å². The molecule has 0 aliphatic rings. The van der Waals surface area contributed by atoms with Crippen molar-refractivity contribution in [2.45, 2.75) is 13.3 Å². The van der Waals surface area contributed by atoms with Crippen LogP contribution in [0.2, 0.25) is 0 Å². The highest BCUT2D eigenvalue weighted by Crippen LogP contribution is 2.34. The number of halogens is 1. The summed E-state index contributed by atoms with van der Waals surface area (Å²) in [6.07, 6.45) is 2.35. The summed E-state index contributed by atoms with van der Waals surface area (Å²) in [5, 5.41) is 0. The molecule has 21 heavy (non-hydrogen) atoms. The number of Topliss-reactive ketones (excluding diaryl/α,β-unsaturated/α-hetero) is 1. The van der Waals surface area contributed by atoms with E-state index in [4.69, 9.17) is 4.74 Å². The summed E-state index contributed by atoms with van der Waals surface area (Å²) in [7, 11) is 1.55. The van der Waals surface area contributed by atoms with Gasteiger partial charge in [-0.1, -0.05) is 18.2 Å². The molecule has 0 heterocycles. The van der Waals surface area contributed by atoms with E-state index < -0.39 is 0 Å². The van der Waals surface area contributed by atoms with Gasteiger partial charge in [0.05, 0.1) is 7.11 Å². The zero-order valence-electron chi connectivity index (χ0n) is 12.2. The summed E-state index contributed by atoms with van der Waals surface area (Å²) in [6.45, 7) is 5.26. The van der Waals surface area contributed by atoms with Gasteiger partial charge in [-0.25, -0.2) is 4.39 Å². The molecule has 0 aromatic heterocycles. The Labute approximate surface area is 123 Å². The molecule has 0 saturated heterocycles. The van der Waals surface area contributed by atoms with Gasteiger partial charge >= 0.3 is 0 Å². The molecule has 0 fully saturated rings. The zero-order chi connectivity index (χ0) is 15.4. The molecule has 0 radical (unpaired) electrons. The van der Waals surface area contributed by atoms with Gasteiger partial charge in [0.25, 0.3) is 0 Å². The van der Waals surface area contributed by atoms with Crippen molar-refractivity contribution in [2.24, 2.45) is 0 Å². The van der Waals surface area contributed by atoms with Crippen LogP contribution in [0.3, 0.4) is 0 Å². The second kappa shape index (κ2) is 6.35. The second-order valence-corrected chi connectivity index (χ2v) is 4.77. The number of hydrogen-bond donors (Lipinski definition) is 0. The van der Waals surface area contributed by atoms with Gasteiger partial charge in [0, 0.05) is 11.1 Å². The fraction of sp³-hybridized carbons (Fsp3) is 0.167. The molecule has 2 nitrogen and oxygen atoms in total. The SMILES string of the molecule is C=CCc1cc(C(C)=O)ccc1-c1cc(F)ccc1OC. The molecule has 0 N–H and O–H groups in total. The van der Waals surface area contributed by atoms with Crippen LogP contribution in [0, 0.1) is 5.82 Å². The summed E-state index contributed by atoms with van der Waals surface area (Å²) in [5.74, 6) is 0.265. The molecule has 108 valence electrons. The standard InChI is InChI=1S/C18H17FO2/c1-4-5-14-10-13(12(2)20)6-8-16(14)17-11-15(19)7-9-18(17)21-3/h4,6-11H,1,5H2,2-3H3. The monoisotopic (exact) mass is 284 g/mol. The van der Waals surface area contributed by atoms with Gasteiger partial charge in [-0.15, -0.1) is 6.58 Å². The molecule has 0 aliphatic heterocycles. The van der Waals surface area contributed by atoms with Gasteiger partial charge in [-0.05, 0) is 48.7 Å². The summed E-state index contributed by atoms with van der Waals surface area (Å²) in [4.78, 5) is 11.5. The highest BCUT2D eigenvalue weighted by molar-refractivity contribution is 5.95. The van der Waals surface area contributed by atoms with Crippen LogP contribution in [0.1, 0.15) is 22.8 Å². The van der Waals surface area contributed by atoms with Gasteiger partial charge < -0.3 is 4.74 Å². The van der Waals surface area contributed by atoms with Crippen LogP contribution in [0.25, 0.3) is 11.1 Å². The molecule has 0 amide bonds. The number of ketones is 1. The lowest BCUT2D eigenvalue weighted by Crippen LogP contribution is -1.98. The van der Waals surface area contributed by atoms with Crippen LogP contribution < -0.4 is 4.74 Å².